The van der Waals surface area contributed by atoms with Crippen LogP contribution in [0, 0.1) is 0 Å². The molecule has 0 radical (unpaired) electrons. The van der Waals surface area contributed by atoms with Crippen LogP contribution in [0.5, 0.6) is 11.5 Å². The predicted octanol–water partition coefficient (Wildman–Crippen LogP) is 3.14. The van der Waals surface area contributed by atoms with Crippen molar-refractivity contribution in [2.45, 2.75) is 0 Å². The van der Waals surface area contributed by atoms with Crippen LogP contribution in [0.15, 0.2) is 54.6 Å². The number of methoxy groups -OCH3 is 2. The van der Waals surface area contributed by atoms with Gasteiger partial charge in [0.25, 0.3) is 0 Å². The molecule has 0 spiro atoms. The normalized spacial score (nSPS) is 10.4. The standard InChI is InChI=1S/C19H18O5/c1-22-16-10-14(11-17(12-16)23-2)8-9-19(21)24-13-18(20)15-6-4-3-5-7-15/h3-12H,13H2,1-2H3/b9-8+. The van der Waals surface area contributed by atoms with Crippen molar-refractivity contribution in [1.29, 1.82) is 0 Å². The summed E-state index contributed by atoms with van der Waals surface area (Å²) < 4.78 is 15.3. The molecule has 0 aliphatic carbocycles. The van der Waals surface area contributed by atoms with Crippen molar-refractivity contribution in [3.8, 4) is 11.5 Å². The van der Waals surface area contributed by atoms with Crippen LogP contribution in [0.4, 0.5) is 0 Å². The molecule has 0 saturated carbocycles. The van der Waals surface area contributed by atoms with E-state index in [9.17, 15) is 9.59 Å². The van der Waals surface area contributed by atoms with E-state index in [-0.39, 0.29) is 12.4 Å². The second-order valence-corrected chi connectivity index (χ2v) is 4.88. The first-order valence-electron chi connectivity index (χ1n) is 7.28. The van der Waals surface area contributed by atoms with Gasteiger partial charge < -0.3 is 14.2 Å². The van der Waals surface area contributed by atoms with Crippen LogP contribution in [0.2, 0.25) is 0 Å². The van der Waals surface area contributed by atoms with E-state index >= 15 is 0 Å². The summed E-state index contributed by atoms with van der Waals surface area (Å²) in [5.41, 5.74) is 1.23. The van der Waals surface area contributed by atoms with Crippen LogP contribution in [0.25, 0.3) is 6.08 Å². The topological polar surface area (TPSA) is 61.8 Å². The molecule has 0 N–H and O–H groups in total. The average Bonchev–Trinajstić information content (AvgIpc) is 2.64. The Kier molecular flexibility index (Phi) is 6.14. The van der Waals surface area contributed by atoms with Gasteiger partial charge in [-0.05, 0) is 23.8 Å². The molecule has 0 unspecified atom stereocenters. The molecule has 2 rings (SSSR count). The molecule has 5 nitrogen and oxygen atoms in total. The Labute approximate surface area is 140 Å². The highest BCUT2D eigenvalue weighted by Crippen LogP contribution is 2.23. The highest BCUT2D eigenvalue weighted by Gasteiger charge is 2.07. The molecule has 0 fully saturated rings. The van der Waals surface area contributed by atoms with E-state index < -0.39 is 5.97 Å². The molecule has 2 aromatic carbocycles. The summed E-state index contributed by atoms with van der Waals surface area (Å²) in [6.07, 6.45) is 2.83. The first-order chi connectivity index (χ1) is 11.6. The number of esters is 1. The monoisotopic (exact) mass is 326 g/mol. The van der Waals surface area contributed by atoms with Crippen LogP contribution < -0.4 is 9.47 Å². The van der Waals surface area contributed by atoms with Gasteiger partial charge in [-0.15, -0.1) is 0 Å². The van der Waals surface area contributed by atoms with E-state index in [1.165, 1.54) is 6.08 Å². The molecule has 0 amide bonds. The largest absolute Gasteiger partial charge is 0.497 e. The third kappa shape index (κ3) is 4.98. The molecule has 0 aliphatic rings. The highest BCUT2D eigenvalue weighted by atomic mass is 16.5. The fourth-order valence-electron chi connectivity index (χ4n) is 1.98. The second kappa shape index (κ2) is 8.53. The first kappa shape index (κ1) is 17.3. The third-order valence-electron chi connectivity index (χ3n) is 3.23. The van der Waals surface area contributed by atoms with E-state index in [2.05, 4.69) is 0 Å². The lowest BCUT2D eigenvalue weighted by molar-refractivity contribution is -0.136. The number of hydrogen-bond acceptors (Lipinski definition) is 5. The number of ether oxygens (including phenoxy) is 3. The van der Waals surface area contributed by atoms with Gasteiger partial charge in [-0.25, -0.2) is 4.79 Å². The van der Waals surface area contributed by atoms with Gasteiger partial charge in [-0.2, -0.15) is 0 Å². The lowest BCUT2D eigenvalue weighted by Gasteiger charge is -2.05. The van der Waals surface area contributed by atoms with E-state index in [1.807, 2.05) is 6.07 Å². The van der Waals surface area contributed by atoms with Crippen molar-refractivity contribution >= 4 is 17.8 Å². The predicted molar refractivity (Wildman–Crippen MR) is 90.3 cm³/mol. The van der Waals surface area contributed by atoms with Gasteiger partial charge in [-0.1, -0.05) is 30.3 Å². The van der Waals surface area contributed by atoms with Gasteiger partial charge in [0.1, 0.15) is 11.5 Å². The van der Waals surface area contributed by atoms with Crippen molar-refractivity contribution in [2.75, 3.05) is 20.8 Å². The van der Waals surface area contributed by atoms with E-state index in [1.54, 1.807) is 62.8 Å². The molecule has 0 aliphatic heterocycles. The minimum atomic E-state index is -0.596. The Balaban J connectivity index is 1.94. The smallest absolute Gasteiger partial charge is 0.331 e. The third-order valence-corrected chi connectivity index (χ3v) is 3.23. The van der Waals surface area contributed by atoms with E-state index in [0.29, 0.717) is 17.1 Å². The summed E-state index contributed by atoms with van der Waals surface area (Å²) in [4.78, 5) is 23.6. The quantitative estimate of drug-likeness (QED) is 0.444. The SMILES string of the molecule is COc1cc(/C=C/C(=O)OCC(=O)c2ccccc2)cc(OC)c1. The van der Waals surface area contributed by atoms with Gasteiger partial charge in [0.05, 0.1) is 14.2 Å². The molecule has 24 heavy (non-hydrogen) atoms. The van der Waals surface area contributed by atoms with E-state index in [4.69, 9.17) is 14.2 Å². The zero-order valence-electron chi connectivity index (χ0n) is 13.5. The molecule has 0 atom stereocenters. The van der Waals surface area contributed by atoms with Gasteiger partial charge in [-0.3, -0.25) is 4.79 Å². The molecule has 2 aromatic rings. The van der Waals surface area contributed by atoms with E-state index in [0.717, 1.165) is 5.56 Å². The number of ketones is 1. The maximum absolute atomic E-state index is 11.9. The van der Waals surface area contributed by atoms with Crippen molar-refractivity contribution < 1.29 is 23.8 Å². The molecule has 124 valence electrons. The molecule has 0 heterocycles. The second-order valence-electron chi connectivity index (χ2n) is 4.88. The Hall–Kier alpha value is -3.08. The maximum atomic E-state index is 11.9. The number of rotatable bonds is 7. The lowest BCUT2D eigenvalue weighted by Crippen LogP contribution is -2.12. The zero-order chi connectivity index (χ0) is 17.4. The van der Waals surface area contributed by atoms with Crippen molar-refractivity contribution in [1.82, 2.24) is 0 Å². The average molecular weight is 326 g/mol. The maximum Gasteiger partial charge on any atom is 0.331 e. The van der Waals surface area contributed by atoms with Crippen LogP contribution >= 0.6 is 0 Å². The van der Waals surface area contributed by atoms with Gasteiger partial charge in [0, 0.05) is 17.7 Å². The first-order valence-corrected chi connectivity index (χ1v) is 7.28. The number of Topliss-reactive ketones (excluding diaryl/α,β-unsaturated/α-hetero) is 1. The van der Waals surface area contributed by atoms with Crippen molar-refractivity contribution in [3.05, 3.63) is 65.7 Å². The summed E-state index contributed by atoms with van der Waals surface area (Å²) in [5, 5.41) is 0. The summed E-state index contributed by atoms with van der Waals surface area (Å²) in [7, 11) is 3.09. The number of benzene rings is 2. The summed E-state index contributed by atoms with van der Waals surface area (Å²) in [5.74, 6) is 0.379. The molecule has 0 saturated heterocycles. The Morgan fingerprint density at radius 2 is 1.58 bits per heavy atom. The Morgan fingerprint density at radius 3 is 2.17 bits per heavy atom. The number of carbonyl (C=O) groups is 2. The van der Waals surface area contributed by atoms with Gasteiger partial charge in [0.15, 0.2) is 12.4 Å². The molecular weight excluding hydrogens is 308 g/mol. The van der Waals surface area contributed by atoms with Crippen LogP contribution in [-0.2, 0) is 9.53 Å². The number of hydrogen-bond donors (Lipinski definition) is 0. The van der Waals surface area contributed by atoms with Crippen LogP contribution in [-0.4, -0.2) is 32.6 Å². The Morgan fingerprint density at radius 1 is 0.958 bits per heavy atom. The summed E-state index contributed by atoms with van der Waals surface area (Å²) in [6, 6.07) is 13.9. The molecule has 0 bridgehead atoms. The van der Waals surface area contributed by atoms with Crippen molar-refractivity contribution in [3.63, 3.8) is 0 Å². The zero-order valence-corrected chi connectivity index (χ0v) is 13.5. The lowest BCUT2D eigenvalue weighted by atomic mass is 10.1. The van der Waals surface area contributed by atoms with Crippen LogP contribution in [0.3, 0.4) is 0 Å². The van der Waals surface area contributed by atoms with Crippen molar-refractivity contribution in [2.24, 2.45) is 0 Å². The Bertz CT molecular complexity index is 712. The number of carbonyl (C=O) groups excluding carboxylic acids is 2. The summed E-state index contributed by atoms with van der Waals surface area (Å²) >= 11 is 0. The molecule has 0 aromatic heterocycles. The molecular formula is C19H18O5. The molecule has 5 heteroatoms. The fraction of sp³-hybridized carbons (Fsp3) is 0.158. The van der Waals surface area contributed by atoms with Gasteiger partial charge >= 0.3 is 5.97 Å². The summed E-state index contributed by atoms with van der Waals surface area (Å²) in [6.45, 7) is -0.297. The fourth-order valence-corrected chi connectivity index (χ4v) is 1.98. The van der Waals surface area contributed by atoms with Gasteiger partial charge in [0.2, 0.25) is 0 Å². The minimum absolute atomic E-state index is 0.250. The van der Waals surface area contributed by atoms with Crippen LogP contribution in [0.1, 0.15) is 15.9 Å². The minimum Gasteiger partial charge on any atom is -0.497 e. The highest BCUT2D eigenvalue weighted by molar-refractivity contribution is 5.98.